The van der Waals surface area contributed by atoms with Crippen molar-refractivity contribution < 1.29 is 14.2 Å². The normalized spacial score (nSPS) is 24.0. The van der Waals surface area contributed by atoms with Gasteiger partial charge in [0.15, 0.2) is 11.5 Å². The topological polar surface area (TPSA) is 65.7 Å². The Kier molecular flexibility index (Phi) is 3.11. The van der Waals surface area contributed by atoms with Gasteiger partial charge in [-0.1, -0.05) is 0 Å². The van der Waals surface area contributed by atoms with Gasteiger partial charge < -0.3 is 25.3 Å². The predicted octanol–water partition coefficient (Wildman–Crippen LogP) is 0.712. The van der Waals surface area contributed by atoms with E-state index in [2.05, 4.69) is 5.32 Å². The Labute approximate surface area is 106 Å². The zero-order valence-electron chi connectivity index (χ0n) is 10.4. The number of aryl methyl sites for hydroxylation is 1. The minimum absolute atomic E-state index is 0.0119. The van der Waals surface area contributed by atoms with Gasteiger partial charge in [0.2, 0.25) is 6.79 Å². The number of benzene rings is 1. The SMILES string of the molecule is Cc1cc2c(cc1C(N)C1CNCCO1)OCO2. The molecule has 0 amide bonds. The second-order valence-corrected chi connectivity index (χ2v) is 4.70. The summed E-state index contributed by atoms with van der Waals surface area (Å²) in [5, 5.41) is 3.30. The molecular weight excluding hydrogens is 232 g/mol. The maximum atomic E-state index is 6.30. The van der Waals surface area contributed by atoms with Crippen LogP contribution < -0.4 is 20.5 Å². The molecule has 18 heavy (non-hydrogen) atoms. The molecule has 3 rings (SSSR count). The molecule has 2 aliphatic rings. The van der Waals surface area contributed by atoms with E-state index in [1.165, 1.54) is 0 Å². The number of rotatable bonds is 2. The lowest BCUT2D eigenvalue weighted by atomic mass is 9.96. The molecule has 1 fully saturated rings. The minimum atomic E-state index is -0.146. The van der Waals surface area contributed by atoms with Gasteiger partial charge in [0, 0.05) is 13.1 Å². The van der Waals surface area contributed by atoms with Gasteiger partial charge in [-0.05, 0) is 30.2 Å². The minimum Gasteiger partial charge on any atom is -0.454 e. The van der Waals surface area contributed by atoms with Crippen LogP contribution in [0.5, 0.6) is 11.5 Å². The smallest absolute Gasteiger partial charge is 0.231 e. The second kappa shape index (κ2) is 4.76. The zero-order chi connectivity index (χ0) is 12.5. The Morgan fingerprint density at radius 3 is 2.83 bits per heavy atom. The molecule has 2 heterocycles. The third-order valence-corrected chi connectivity index (χ3v) is 3.48. The molecule has 5 heteroatoms. The Bertz CT molecular complexity index is 444. The van der Waals surface area contributed by atoms with E-state index in [1.807, 2.05) is 19.1 Å². The van der Waals surface area contributed by atoms with E-state index >= 15 is 0 Å². The summed E-state index contributed by atoms with van der Waals surface area (Å²) in [6.07, 6.45) is 0.0119. The summed E-state index contributed by atoms with van der Waals surface area (Å²) in [5.41, 5.74) is 8.48. The Morgan fingerprint density at radius 2 is 2.11 bits per heavy atom. The molecule has 2 unspecified atom stereocenters. The average Bonchev–Trinajstić information content (AvgIpc) is 2.85. The first kappa shape index (κ1) is 11.8. The lowest BCUT2D eigenvalue weighted by molar-refractivity contribution is 0.0121. The van der Waals surface area contributed by atoms with Gasteiger partial charge >= 0.3 is 0 Å². The lowest BCUT2D eigenvalue weighted by Crippen LogP contribution is -2.44. The fourth-order valence-corrected chi connectivity index (χ4v) is 2.44. The largest absolute Gasteiger partial charge is 0.454 e. The average molecular weight is 250 g/mol. The highest BCUT2D eigenvalue weighted by Gasteiger charge is 2.26. The number of fused-ring (bicyclic) bond motifs is 1. The van der Waals surface area contributed by atoms with Crippen LogP contribution in [0.2, 0.25) is 0 Å². The molecule has 2 atom stereocenters. The summed E-state index contributed by atoms with van der Waals surface area (Å²) in [6, 6.07) is 3.81. The van der Waals surface area contributed by atoms with Crippen LogP contribution in [0.4, 0.5) is 0 Å². The maximum absolute atomic E-state index is 6.30. The molecule has 0 aliphatic carbocycles. The molecule has 0 aromatic heterocycles. The molecular formula is C13H18N2O3. The number of ether oxygens (including phenoxy) is 3. The Balaban J connectivity index is 1.86. The molecule has 0 spiro atoms. The third-order valence-electron chi connectivity index (χ3n) is 3.48. The highest BCUT2D eigenvalue weighted by molar-refractivity contribution is 5.49. The molecule has 0 radical (unpaired) electrons. The van der Waals surface area contributed by atoms with Crippen molar-refractivity contribution in [2.24, 2.45) is 5.73 Å². The van der Waals surface area contributed by atoms with Gasteiger partial charge in [-0.3, -0.25) is 0 Å². The van der Waals surface area contributed by atoms with Gasteiger partial charge in [0.05, 0.1) is 18.8 Å². The molecule has 3 N–H and O–H groups in total. The van der Waals surface area contributed by atoms with Crippen molar-refractivity contribution in [3.05, 3.63) is 23.3 Å². The molecule has 2 aliphatic heterocycles. The summed E-state index contributed by atoms with van der Waals surface area (Å²) >= 11 is 0. The van der Waals surface area contributed by atoms with Crippen LogP contribution >= 0.6 is 0 Å². The maximum Gasteiger partial charge on any atom is 0.231 e. The first-order chi connectivity index (χ1) is 8.75. The number of nitrogens with one attached hydrogen (secondary N) is 1. The summed E-state index contributed by atoms with van der Waals surface area (Å²) < 4.78 is 16.5. The van der Waals surface area contributed by atoms with E-state index in [0.29, 0.717) is 6.61 Å². The van der Waals surface area contributed by atoms with E-state index in [9.17, 15) is 0 Å². The zero-order valence-corrected chi connectivity index (χ0v) is 10.4. The first-order valence-corrected chi connectivity index (χ1v) is 6.24. The predicted molar refractivity (Wildman–Crippen MR) is 66.8 cm³/mol. The van der Waals surface area contributed by atoms with Gasteiger partial charge in [0.1, 0.15) is 0 Å². The Morgan fingerprint density at radius 1 is 1.33 bits per heavy atom. The van der Waals surface area contributed by atoms with Crippen molar-refractivity contribution in [2.75, 3.05) is 26.5 Å². The van der Waals surface area contributed by atoms with E-state index in [1.54, 1.807) is 0 Å². The fraction of sp³-hybridized carbons (Fsp3) is 0.538. The van der Waals surface area contributed by atoms with Crippen LogP contribution in [-0.4, -0.2) is 32.6 Å². The third kappa shape index (κ3) is 2.05. The number of morpholine rings is 1. The van der Waals surface area contributed by atoms with Crippen molar-refractivity contribution in [3.63, 3.8) is 0 Å². The summed E-state index contributed by atoms with van der Waals surface area (Å²) in [7, 11) is 0. The van der Waals surface area contributed by atoms with Crippen molar-refractivity contribution in [2.45, 2.75) is 19.1 Å². The molecule has 98 valence electrons. The van der Waals surface area contributed by atoms with Crippen LogP contribution in [0.15, 0.2) is 12.1 Å². The molecule has 0 bridgehead atoms. The van der Waals surface area contributed by atoms with Crippen LogP contribution in [0.25, 0.3) is 0 Å². The first-order valence-electron chi connectivity index (χ1n) is 6.24. The van der Waals surface area contributed by atoms with E-state index < -0.39 is 0 Å². The van der Waals surface area contributed by atoms with Crippen LogP contribution in [0.3, 0.4) is 0 Å². The standard InChI is InChI=1S/C13H18N2O3/c1-8-4-10-11(18-7-17-10)5-9(8)13(14)12-6-15-2-3-16-12/h4-5,12-13,15H,2-3,6-7,14H2,1H3. The molecule has 1 aromatic rings. The Hall–Kier alpha value is -1.30. The fourth-order valence-electron chi connectivity index (χ4n) is 2.44. The van der Waals surface area contributed by atoms with Crippen molar-refractivity contribution in [1.29, 1.82) is 0 Å². The monoisotopic (exact) mass is 250 g/mol. The number of hydrogen-bond acceptors (Lipinski definition) is 5. The summed E-state index contributed by atoms with van der Waals surface area (Å²) in [5.74, 6) is 1.57. The van der Waals surface area contributed by atoms with Gasteiger partial charge in [-0.15, -0.1) is 0 Å². The highest BCUT2D eigenvalue weighted by atomic mass is 16.7. The van der Waals surface area contributed by atoms with E-state index in [-0.39, 0.29) is 18.9 Å². The van der Waals surface area contributed by atoms with Gasteiger partial charge in [0.25, 0.3) is 0 Å². The molecule has 1 saturated heterocycles. The van der Waals surface area contributed by atoms with Crippen LogP contribution in [0, 0.1) is 6.92 Å². The quantitative estimate of drug-likeness (QED) is 0.809. The van der Waals surface area contributed by atoms with Crippen molar-refractivity contribution in [3.8, 4) is 11.5 Å². The molecule has 0 saturated carbocycles. The number of nitrogens with two attached hydrogens (primary N) is 1. The van der Waals surface area contributed by atoms with E-state index in [4.69, 9.17) is 19.9 Å². The van der Waals surface area contributed by atoms with Gasteiger partial charge in [-0.25, -0.2) is 0 Å². The van der Waals surface area contributed by atoms with Crippen molar-refractivity contribution in [1.82, 2.24) is 5.32 Å². The number of hydrogen-bond donors (Lipinski definition) is 2. The van der Waals surface area contributed by atoms with Crippen molar-refractivity contribution >= 4 is 0 Å². The van der Waals surface area contributed by atoms with Gasteiger partial charge in [-0.2, -0.15) is 0 Å². The van der Waals surface area contributed by atoms with E-state index in [0.717, 1.165) is 35.7 Å². The molecule has 1 aromatic carbocycles. The highest BCUT2D eigenvalue weighted by Crippen LogP contribution is 2.37. The molecule has 5 nitrogen and oxygen atoms in total. The van der Waals surface area contributed by atoms with Crippen LogP contribution in [-0.2, 0) is 4.74 Å². The summed E-state index contributed by atoms with van der Waals surface area (Å²) in [6.45, 7) is 4.71. The second-order valence-electron chi connectivity index (χ2n) is 4.70. The lowest BCUT2D eigenvalue weighted by Gasteiger charge is -2.29. The van der Waals surface area contributed by atoms with Crippen LogP contribution in [0.1, 0.15) is 17.2 Å². The summed E-state index contributed by atoms with van der Waals surface area (Å²) in [4.78, 5) is 0.